The average molecular weight is 268 g/mol. The van der Waals surface area contributed by atoms with Gasteiger partial charge in [0, 0.05) is 0 Å². The normalized spacial score (nSPS) is 23.8. The lowest BCUT2D eigenvalue weighted by atomic mass is 10.1. The van der Waals surface area contributed by atoms with E-state index < -0.39 is 27.0 Å². The predicted molar refractivity (Wildman–Crippen MR) is 66.8 cm³/mol. The van der Waals surface area contributed by atoms with Crippen molar-refractivity contribution >= 4 is 15.8 Å². The van der Waals surface area contributed by atoms with E-state index in [1.165, 1.54) is 7.11 Å². The highest BCUT2D eigenvalue weighted by Crippen LogP contribution is 2.35. The molecule has 0 aliphatic heterocycles. The lowest BCUT2D eigenvalue weighted by molar-refractivity contribution is -0.145. The van der Waals surface area contributed by atoms with Crippen molar-refractivity contribution in [2.45, 2.75) is 29.4 Å². The minimum atomic E-state index is -3.44. The highest BCUT2D eigenvalue weighted by Gasteiger charge is 2.42. The third-order valence-electron chi connectivity index (χ3n) is 3.43. The Bertz CT molecular complexity index is 521. The molecular formula is C13H16O4S. The molecular weight excluding hydrogens is 252 g/mol. The second-order valence-corrected chi connectivity index (χ2v) is 6.62. The van der Waals surface area contributed by atoms with Gasteiger partial charge < -0.3 is 4.74 Å². The van der Waals surface area contributed by atoms with Crippen molar-refractivity contribution in [1.82, 2.24) is 0 Å². The molecule has 1 saturated carbocycles. The minimum Gasteiger partial charge on any atom is -0.469 e. The molecule has 18 heavy (non-hydrogen) atoms. The van der Waals surface area contributed by atoms with Gasteiger partial charge in [-0.1, -0.05) is 24.6 Å². The van der Waals surface area contributed by atoms with Gasteiger partial charge in [-0.15, -0.1) is 0 Å². The molecule has 0 unspecified atom stereocenters. The summed E-state index contributed by atoms with van der Waals surface area (Å²) in [6.45, 7) is 0. The molecule has 0 spiro atoms. The molecule has 5 heteroatoms. The van der Waals surface area contributed by atoms with Crippen molar-refractivity contribution in [3.8, 4) is 0 Å². The molecule has 0 aromatic heterocycles. The molecule has 1 aliphatic rings. The first-order valence-corrected chi connectivity index (χ1v) is 7.49. The van der Waals surface area contributed by atoms with Crippen LogP contribution in [-0.4, -0.2) is 26.7 Å². The summed E-state index contributed by atoms with van der Waals surface area (Å²) in [6, 6.07) is 8.29. The summed E-state index contributed by atoms with van der Waals surface area (Å²) in [5.41, 5.74) is 0. The van der Waals surface area contributed by atoms with Gasteiger partial charge in [-0.3, -0.25) is 4.79 Å². The SMILES string of the molecule is COC(=O)[C@@H]1CCC[C@H]1S(=O)(=O)c1ccccc1. The third kappa shape index (κ3) is 2.27. The van der Waals surface area contributed by atoms with Gasteiger partial charge in [0.1, 0.15) is 0 Å². The summed E-state index contributed by atoms with van der Waals surface area (Å²) in [5.74, 6) is -0.947. The van der Waals surface area contributed by atoms with Gasteiger partial charge in [0.15, 0.2) is 9.84 Å². The zero-order valence-electron chi connectivity index (χ0n) is 10.2. The van der Waals surface area contributed by atoms with Crippen LogP contribution >= 0.6 is 0 Å². The standard InChI is InChI=1S/C13H16O4S/c1-17-13(14)11-8-5-9-12(11)18(15,16)10-6-3-2-4-7-10/h2-4,6-7,11-12H,5,8-9H2,1H3/t11-,12-/m1/s1. The maximum Gasteiger partial charge on any atom is 0.309 e. The number of hydrogen-bond acceptors (Lipinski definition) is 4. The van der Waals surface area contributed by atoms with Gasteiger partial charge in [0.05, 0.1) is 23.2 Å². The fourth-order valence-electron chi connectivity index (χ4n) is 2.50. The molecule has 0 N–H and O–H groups in total. The first kappa shape index (κ1) is 13.1. The molecule has 0 heterocycles. The Morgan fingerprint density at radius 1 is 1.22 bits per heavy atom. The van der Waals surface area contributed by atoms with Crippen molar-refractivity contribution in [3.05, 3.63) is 30.3 Å². The van der Waals surface area contributed by atoms with Crippen molar-refractivity contribution in [1.29, 1.82) is 0 Å². The molecule has 1 aromatic rings. The van der Waals surface area contributed by atoms with Gasteiger partial charge in [0.2, 0.25) is 0 Å². The Morgan fingerprint density at radius 2 is 1.89 bits per heavy atom. The Balaban J connectivity index is 2.33. The van der Waals surface area contributed by atoms with Crippen molar-refractivity contribution in [2.24, 2.45) is 5.92 Å². The van der Waals surface area contributed by atoms with Gasteiger partial charge in [-0.05, 0) is 25.0 Å². The molecule has 0 radical (unpaired) electrons. The summed E-state index contributed by atoms with van der Waals surface area (Å²) >= 11 is 0. The molecule has 0 bridgehead atoms. The van der Waals surface area contributed by atoms with Crippen LogP contribution in [0.15, 0.2) is 35.2 Å². The summed E-state index contributed by atoms with van der Waals surface area (Å²) in [6.07, 6.45) is 1.86. The van der Waals surface area contributed by atoms with Crippen LogP contribution in [0.3, 0.4) is 0 Å². The first-order valence-electron chi connectivity index (χ1n) is 5.94. The number of esters is 1. The van der Waals surface area contributed by atoms with Crippen LogP contribution in [-0.2, 0) is 19.4 Å². The molecule has 98 valence electrons. The van der Waals surface area contributed by atoms with Gasteiger partial charge in [-0.25, -0.2) is 8.42 Å². The Kier molecular flexibility index (Phi) is 3.71. The van der Waals surface area contributed by atoms with Crippen LogP contribution in [0.25, 0.3) is 0 Å². The quantitative estimate of drug-likeness (QED) is 0.784. The van der Waals surface area contributed by atoms with Gasteiger partial charge in [0.25, 0.3) is 0 Å². The molecule has 1 fully saturated rings. The van der Waals surface area contributed by atoms with E-state index in [0.717, 1.165) is 6.42 Å². The van der Waals surface area contributed by atoms with Crippen LogP contribution in [0, 0.1) is 5.92 Å². The maximum atomic E-state index is 12.5. The summed E-state index contributed by atoms with van der Waals surface area (Å²) in [7, 11) is -2.15. The van der Waals surface area contributed by atoms with E-state index in [9.17, 15) is 13.2 Å². The van der Waals surface area contributed by atoms with Gasteiger partial charge in [-0.2, -0.15) is 0 Å². The van der Waals surface area contributed by atoms with Crippen LogP contribution < -0.4 is 0 Å². The molecule has 2 rings (SSSR count). The average Bonchev–Trinajstić information content (AvgIpc) is 2.89. The lowest BCUT2D eigenvalue weighted by Gasteiger charge is -2.17. The number of rotatable bonds is 3. The van der Waals surface area contributed by atoms with Gasteiger partial charge >= 0.3 is 5.97 Å². The fourth-order valence-corrected chi connectivity index (χ4v) is 4.55. The van der Waals surface area contributed by atoms with E-state index in [1.807, 2.05) is 0 Å². The van der Waals surface area contributed by atoms with Crippen molar-refractivity contribution in [3.63, 3.8) is 0 Å². The van der Waals surface area contributed by atoms with Crippen LogP contribution in [0.5, 0.6) is 0 Å². The Labute approximate surface area is 107 Å². The highest BCUT2D eigenvalue weighted by molar-refractivity contribution is 7.92. The number of carbonyl (C=O) groups excluding carboxylic acids is 1. The van der Waals surface area contributed by atoms with Crippen molar-refractivity contribution in [2.75, 3.05) is 7.11 Å². The smallest absolute Gasteiger partial charge is 0.309 e. The van der Waals surface area contributed by atoms with Crippen LogP contribution in [0.1, 0.15) is 19.3 Å². The molecule has 4 nitrogen and oxygen atoms in total. The van der Waals surface area contributed by atoms with Crippen LogP contribution in [0.2, 0.25) is 0 Å². The number of hydrogen-bond donors (Lipinski definition) is 0. The minimum absolute atomic E-state index is 0.283. The largest absolute Gasteiger partial charge is 0.469 e. The number of carbonyl (C=O) groups is 1. The highest BCUT2D eigenvalue weighted by atomic mass is 32.2. The topological polar surface area (TPSA) is 60.4 Å². The number of benzene rings is 1. The second-order valence-electron chi connectivity index (χ2n) is 4.46. The number of methoxy groups -OCH3 is 1. The summed E-state index contributed by atoms with van der Waals surface area (Å²) in [4.78, 5) is 11.9. The van der Waals surface area contributed by atoms with Crippen LogP contribution in [0.4, 0.5) is 0 Å². The maximum absolute atomic E-state index is 12.5. The zero-order chi connectivity index (χ0) is 13.2. The molecule has 2 atom stereocenters. The zero-order valence-corrected chi connectivity index (χ0v) is 11.0. The number of sulfone groups is 1. The Morgan fingerprint density at radius 3 is 2.50 bits per heavy atom. The third-order valence-corrected chi connectivity index (χ3v) is 5.72. The van der Waals surface area contributed by atoms with E-state index in [2.05, 4.69) is 0 Å². The number of ether oxygens (including phenoxy) is 1. The molecule has 1 aliphatic carbocycles. The monoisotopic (exact) mass is 268 g/mol. The molecule has 1 aromatic carbocycles. The summed E-state index contributed by atoms with van der Waals surface area (Å²) in [5, 5.41) is -0.646. The van der Waals surface area contributed by atoms with E-state index in [1.54, 1.807) is 30.3 Å². The lowest BCUT2D eigenvalue weighted by Crippen LogP contribution is -2.31. The van der Waals surface area contributed by atoms with E-state index >= 15 is 0 Å². The fraction of sp³-hybridized carbons (Fsp3) is 0.462. The Hall–Kier alpha value is -1.36. The molecule has 0 amide bonds. The molecule has 0 saturated heterocycles. The second kappa shape index (κ2) is 5.10. The van der Waals surface area contributed by atoms with Crippen molar-refractivity contribution < 1.29 is 17.9 Å². The summed E-state index contributed by atoms with van der Waals surface area (Å²) < 4.78 is 29.6. The van der Waals surface area contributed by atoms with E-state index in [4.69, 9.17) is 4.74 Å². The van der Waals surface area contributed by atoms with E-state index in [-0.39, 0.29) is 4.90 Å². The van der Waals surface area contributed by atoms with E-state index in [0.29, 0.717) is 12.8 Å². The predicted octanol–water partition coefficient (Wildman–Crippen LogP) is 1.80. The first-order chi connectivity index (χ1) is 8.57.